The third-order valence-corrected chi connectivity index (χ3v) is 3.19. The van der Waals surface area contributed by atoms with Crippen LogP contribution < -0.4 is 16.4 Å². The van der Waals surface area contributed by atoms with Gasteiger partial charge in [-0.15, -0.1) is 0 Å². The van der Waals surface area contributed by atoms with Crippen LogP contribution in [0.2, 0.25) is 0 Å². The van der Waals surface area contributed by atoms with E-state index in [0.29, 0.717) is 10.0 Å². The summed E-state index contributed by atoms with van der Waals surface area (Å²) in [6, 6.07) is 0. The zero-order valence-corrected chi connectivity index (χ0v) is 10.7. The fourth-order valence-corrected chi connectivity index (χ4v) is 2.05. The normalized spacial score (nSPS) is 10.1. The molecule has 0 aliphatic carbocycles. The average molecular weight is 257 g/mol. The summed E-state index contributed by atoms with van der Waals surface area (Å²) in [4.78, 5) is 30.0. The first-order valence-corrected chi connectivity index (χ1v) is 5.62. The molecular weight excluding hydrogens is 242 g/mol. The van der Waals surface area contributed by atoms with Crippen LogP contribution in [0.4, 0.5) is 10.9 Å². The Labute approximate surface area is 103 Å². The van der Waals surface area contributed by atoms with E-state index in [1.165, 1.54) is 23.3 Å². The number of aromatic nitrogens is 1. The lowest BCUT2D eigenvalue weighted by Crippen LogP contribution is -2.35. The van der Waals surface area contributed by atoms with Crippen LogP contribution in [-0.2, 0) is 4.79 Å². The lowest BCUT2D eigenvalue weighted by Gasteiger charge is -2.13. The number of anilines is 2. The van der Waals surface area contributed by atoms with Crippen molar-refractivity contribution < 1.29 is 9.59 Å². The second kappa shape index (κ2) is 5.00. The summed E-state index contributed by atoms with van der Waals surface area (Å²) < 4.78 is 0. The molecule has 1 heterocycles. The van der Waals surface area contributed by atoms with Crippen molar-refractivity contribution in [1.29, 1.82) is 0 Å². The Balaban J connectivity index is 2.92. The SMILES string of the molecule is CN(CC(N)=O)C(=O)c1sc(N(C)C)nc1N. The standard InChI is InChI=1S/C9H15N5O2S/c1-13(2)9-12-7(11)6(17-9)8(16)14(3)4-5(10)15/h4,11H2,1-3H3,(H2,10,15). The number of nitrogen functional groups attached to an aromatic ring is 1. The molecule has 8 heteroatoms. The summed E-state index contributed by atoms with van der Waals surface area (Å²) >= 11 is 1.18. The van der Waals surface area contributed by atoms with Crippen molar-refractivity contribution in [2.45, 2.75) is 0 Å². The molecule has 0 spiro atoms. The molecule has 1 aromatic rings. The molecule has 94 valence electrons. The maximum atomic E-state index is 11.9. The van der Waals surface area contributed by atoms with Gasteiger partial charge in [0.25, 0.3) is 5.91 Å². The zero-order chi connectivity index (χ0) is 13.2. The second-order valence-electron chi connectivity index (χ2n) is 3.73. The largest absolute Gasteiger partial charge is 0.382 e. The monoisotopic (exact) mass is 257 g/mol. The molecule has 0 unspecified atom stereocenters. The van der Waals surface area contributed by atoms with E-state index < -0.39 is 5.91 Å². The topological polar surface area (TPSA) is 106 Å². The smallest absolute Gasteiger partial charge is 0.268 e. The molecule has 7 nitrogen and oxygen atoms in total. The Morgan fingerprint density at radius 1 is 1.35 bits per heavy atom. The second-order valence-corrected chi connectivity index (χ2v) is 4.71. The van der Waals surface area contributed by atoms with Gasteiger partial charge in [-0.25, -0.2) is 4.98 Å². The number of amides is 2. The highest BCUT2D eigenvalue weighted by atomic mass is 32.1. The number of primary amides is 1. The van der Waals surface area contributed by atoms with Gasteiger partial charge in [0.2, 0.25) is 5.91 Å². The Morgan fingerprint density at radius 2 is 1.94 bits per heavy atom. The van der Waals surface area contributed by atoms with Crippen LogP contribution in [0.5, 0.6) is 0 Å². The van der Waals surface area contributed by atoms with Gasteiger partial charge in [-0.1, -0.05) is 11.3 Å². The van der Waals surface area contributed by atoms with Crippen molar-refractivity contribution >= 4 is 34.1 Å². The van der Waals surface area contributed by atoms with E-state index in [1.807, 2.05) is 0 Å². The first kappa shape index (κ1) is 13.2. The number of carbonyl (C=O) groups is 2. The van der Waals surface area contributed by atoms with Gasteiger partial charge in [-0.2, -0.15) is 0 Å². The predicted molar refractivity (Wildman–Crippen MR) is 67.0 cm³/mol. The molecule has 17 heavy (non-hydrogen) atoms. The van der Waals surface area contributed by atoms with Crippen LogP contribution in [0.15, 0.2) is 0 Å². The van der Waals surface area contributed by atoms with Crippen LogP contribution in [0, 0.1) is 0 Å². The Morgan fingerprint density at radius 3 is 2.35 bits per heavy atom. The first-order chi connectivity index (χ1) is 7.82. The van der Waals surface area contributed by atoms with Crippen LogP contribution in [0.25, 0.3) is 0 Å². The summed E-state index contributed by atoms with van der Waals surface area (Å²) in [7, 11) is 5.10. The van der Waals surface area contributed by atoms with Gasteiger partial charge < -0.3 is 21.3 Å². The van der Waals surface area contributed by atoms with Crippen LogP contribution in [0.3, 0.4) is 0 Å². The molecule has 0 fully saturated rings. The molecule has 0 saturated heterocycles. The van der Waals surface area contributed by atoms with E-state index in [0.717, 1.165) is 0 Å². The molecule has 2 amide bonds. The number of carbonyl (C=O) groups excluding carboxylic acids is 2. The summed E-state index contributed by atoms with van der Waals surface area (Å²) in [6.07, 6.45) is 0. The maximum Gasteiger partial charge on any atom is 0.268 e. The van der Waals surface area contributed by atoms with E-state index in [4.69, 9.17) is 11.5 Å². The average Bonchev–Trinajstić information content (AvgIpc) is 2.58. The van der Waals surface area contributed by atoms with Crippen LogP contribution in [0.1, 0.15) is 9.67 Å². The number of nitrogens with two attached hydrogens (primary N) is 2. The zero-order valence-electron chi connectivity index (χ0n) is 9.93. The highest BCUT2D eigenvalue weighted by molar-refractivity contribution is 7.18. The first-order valence-electron chi connectivity index (χ1n) is 4.80. The summed E-state index contributed by atoms with van der Waals surface area (Å²) in [5, 5.41) is 0.637. The number of likely N-dealkylation sites (N-methyl/N-ethyl adjacent to an activating group) is 1. The molecule has 0 bridgehead atoms. The minimum atomic E-state index is -0.572. The minimum absolute atomic E-state index is 0.145. The number of thiazole rings is 1. The Hall–Kier alpha value is -1.83. The molecule has 0 aliphatic heterocycles. The molecular formula is C9H15N5O2S. The van der Waals surface area contributed by atoms with Crippen molar-refractivity contribution in [3.05, 3.63) is 4.88 Å². The number of nitrogens with zero attached hydrogens (tertiary/aromatic N) is 3. The van der Waals surface area contributed by atoms with E-state index in [1.54, 1.807) is 19.0 Å². The van der Waals surface area contributed by atoms with Gasteiger partial charge in [0, 0.05) is 21.1 Å². The van der Waals surface area contributed by atoms with Crippen LogP contribution >= 0.6 is 11.3 Å². The fraction of sp³-hybridized carbons (Fsp3) is 0.444. The number of hydrogen-bond donors (Lipinski definition) is 2. The predicted octanol–water partition coefficient (Wildman–Crippen LogP) is -0.651. The molecule has 1 aromatic heterocycles. The third kappa shape index (κ3) is 3.06. The molecule has 0 aliphatic rings. The van der Waals surface area contributed by atoms with Crippen molar-refractivity contribution in [2.75, 3.05) is 38.3 Å². The maximum absolute atomic E-state index is 11.9. The Bertz CT molecular complexity index is 443. The van der Waals surface area contributed by atoms with E-state index in [9.17, 15) is 9.59 Å². The molecule has 0 saturated carbocycles. The molecule has 4 N–H and O–H groups in total. The van der Waals surface area contributed by atoms with Crippen molar-refractivity contribution in [3.8, 4) is 0 Å². The van der Waals surface area contributed by atoms with E-state index in [2.05, 4.69) is 4.98 Å². The lowest BCUT2D eigenvalue weighted by atomic mass is 10.4. The Kier molecular flexibility index (Phi) is 3.89. The molecule has 0 radical (unpaired) electrons. The summed E-state index contributed by atoms with van der Waals surface area (Å²) in [6.45, 7) is -0.145. The number of hydrogen-bond acceptors (Lipinski definition) is 6. The lowest BCUT2D eigenvalue weighted by molar-refractivity contribution is -0.118. The highest BCUT2D eigenvalue weighted by Crippen LogP contribution is 2.27. The van der Waals surface area contributed by atoms with Crippen LogP contribution in [-0.4, -0.2) is 49.4 Å². The van der Waals surface area contributed by atoms with Gasteiger partial charge in [-0.05, 0) is 0 Å². The van der Waals surface area contributed by atoms with Crippen molar-refractivity contribution in [3.63, 3.8) is 0 Å². The van der Waals surface area contributed by atoms with E-state index in [-0.39, 0.29) is 18.3 Å². The molecule has 0 atom stereocenters. The van der Waals surface area contributed by atoms with Crippen molar-refractivity contribution in [1.82, 2.24) is 9.88 Å². The summed E-state index contributed by atoms with van der Waals surface area (Å²) in [5.74, 6) is -0.760. The van der Waals surface area contributed by atoms with Gasteiger partial charge in [0.05, 0.1) is 6.54 Å². The molecule has 0 aromatic carbocycles. The van der Waals surface area contributed by atoms with Gasteiger partial charge in [-0.3, -0.25) is 9.59 Å². The van der Waals surface area contributed by atoms with Gasteiger partial charge in [0.1, 0.15) is 10.7 Å². The number of rotatable bonds is 4. The van der Waals surface area contributed by atoms with Gasteiger partial charge >= 0.3 is 0 Å². The summed E-state index contributed by atoms with van der Waals surface area (Å²) in [5.41, 5.74) is 10.7. The van der Waals surface area contributed by atoms with Crippen molar-refractivity contribution in [2.24, 2.45) is 5.73 Å². The quantitative estimate of drug-likeness (QED) is 0.745. The molecule has 1 rings (SSSR count). The fourth-order valence-electron chi connectivity index (χ4n) is 1.14. The minimum Gasteiger partial charge on any atom is -0.382 e. The van der Waals surface area contributed by atoms with Gasteiger partial charge in [0.15, 0.2) is 5.13 Å². The highest BCUT2D eigenvalue weighted by Gasteiger charge is 2.21. The van der Waals surface area contributed by atoms with E-state index >= 15 is 0 Å². The third-order valence-electron chi connectivity index (χ3n) is 1.96.